The molecule has 0 atom stereocenters. The second-order valence-electron chi connectivity index (χ2n) is 2.48. The van der Waals surface area contributed by atoms with Crippen molar-refractivity contribution in [3.8, 4) is 0 Å². The first-order chi connectivity index (χ1) is 5.97. The summed E-state index contributed by atoms with van der Waals surface area (Å²) in [4.78, 5) is 0. The summed E-state index contributed by atoms with van der Waals surface area (Å²) in [5, 5.41) is 1.84. The molecule has 1 aromatic rings. The Labute approximate surface area is 78.5 Å². The molecule has 1 nitrogen and oxygen atoms in total. The van der Waals surface area contributed by atoms with Crippen LogP contribution in [0, 0.1) is 0 Å². The third kappa shape index (κ3) is 4.15. The molecule has 0 fully saturated rings. The zero-order chi connectivity index (χ0) is 9.90. The Morgan fingerprint density at radius 3 is 2.54 bits per heavy atom. The predicted molar refractivity (Wildman–Crippen MR) is 44.3 cm³/mol. The van der Waals surface area contributed by atoms with Crippen molar-refractivity contribution < 1.29 is 13.2 Å². The minimum Gasteiger partial charge on any atom is -0.224 e. The fourth-order valence-corrected chi connectivity index (χ4v) is 1.06. The Morgan fingerprint density at radius 1 is 1.31 bits per heavy atom. The average Bonchev–Trinajstić information content (AvgIpc) is 2.00. The van der Waals surface area contributed by atoms with E-state index in [0.29, 0.717) is 10.6 Å². The molecule has 0 bridgehead atoms. The molecule has 0 saturated carbocycles. The van der Waals surface area contributed by atoms with Crippen LogP contribution < -0.4 is 5.32 Å². The second-order valence-corrected chi connectivity index (χ2v) is 2.92. The van der Waals surface area contributed by atoms with E-state index in [1.807, 2.05) is 0 Å². The number of halogens is 4. The molecule has 0 aliphatic rings. The molecule has 0 radical (unpaired) electrons. The van der Waals surface area contributed by atoms with Gasteiger partial charge in [0.05, 0.1) is 0 Å². The number of alkyl halides is 3. The van der Waals surface area contributed by atoms with Gasteiger partial charge in [-0.05, 0) is 17.7 Å². The maximum Gasteiger partial charge on any atom is 0.457 e. The minimum atomic E-state index is -4.34. The molecule has 1 aromatic carbocycles. The highest BCUT2D eigenvalue weighted by atomic mass is 35.5. The monoisotopic (exact) mass is 209 g/mol. The van der Waals surface area contributed by atoms with Gasteiger partial charge in [-0.1, -0.05) is 23.7 Å². The summed E-state index contributed by atoms with van der Waals surface area (Å²) < 4.78 is 35.1. The molecule has 0 saturated heterocycles. The second kappa shape index (κ2) is 3.98. The molecule has 5 heteroatoms. The predicted octanol–water partition coefficient (Wildman–Crippen LogP) is 2.95. The summed E-state index contributed by atoms with van der Waals surface area (Å²) >= 11 is 5.59. The van der Waals surface area contributed by atoms with Gasteiger partial charge >= 0.3 is 6.30 Å². The van der Waals surface area contributed by atoms with E-state index in [1.54, 1.807) is 18.2 Å². The largest absolute Gasteiger partial charge is 0.457 e. The Balaban J connectivity index is 2.55. The van der Waals surface area contributed by atoms with Gasteiger partial charge in [-0.15, -0.1) is 0 Å². The van der Waals surface area contributed by atoms with E-state index in [-0.39, 0.29) is 6.54 Å². The van der Waals surface area contributed by atoms with Crippen LogP contribution in [-0.2, 0) is 6.54 Å². The Bertz CT molecular complexity index is 285. The van der Waals surface area contributed by atoms with E-state index in [2.05, 4.69) is 0 Å². The maximum absolute atomic E-state index is 11.7. The van der Waals surface area contributed by atoms with Crippen LogP contribution in [0.15, 0.2) is 24.3 Å². The quantitative estimate of drug-likeness (QED) is 0.739. The zero-order valence-corrected chi connectivity index (χ0v) is 7.28. The lowest BCUT2D eigenvalue weighted by atomic mass is 10.2. The summed E-state index contributed by atoms with van der Waals surface area (Å²) in [6.45, 7) is -0.260. The molecule has 72 valence electrons. The molecule has 0 amide bonds. The first-order valence-corrected chi connectivity index (χ1v) is 3.91. The van der Waals surface area contributed by atoms with E-state index >= 15 is 0 Å². The van der Waals surface area contributed by atoms with Crippen molar-refractivity contribution >= 4 is 11.6 Å². The Kier molecular flexibility index (Phi) is 3.17. The van der Waals surface area contributed by atoms with Crippen LogP contribution >= 0.6 is 11.6 Å². The molecule has 13 heavy (non-hydrogen) atoms. The smallest absolute Gasteiger partial charge is 0.224 e. The van der Waals surface area contributed by atoms with E-state index in [0.717, 1.165) is 0 Å². The van der Waals surface area contributed by atoms with Gasteiger partial charge in [0, 0.05) is 11.6 Å². The summed E-state index contributed by atoms with van der Waals surface area (Å²) in [6, 6.07) is 6.28. The molecule has 1 N–H and O–H groups in total. The number of hydrogen-bond acceptors (Lipinski definition) is 1. The van der Waals surface area contributed by atoms with Gasteiger partial charge in [-0.2, -0.15) is 13.2 Å². The molecule has 1 rings (SSSR count). The van der Waals surface area contributed by atoms with Crippen molar-refractivity contribution in [1.82, 2.24) is 5.32 Å². The first-order valence-electron chi connectivity index (χ1n) is 3.53. The van der Waals surface area contributed by atoms with Crippen LogP contribution in [0.1, 0.15) is 5.56 Å². The number of nitrogens with one attached hydrogen (secondary N) is 1. The van der Waals surface area contributed by atoms with Crippen LogP contribution in [0.2, 0.25) is 5.02 Å². The molecule has 0 unspecified atom stereocenters. The fourth-order valence-electron chi connectivity index (χ4n) is 0.849. The van der Waals surface area contributed by atoms with Gasteiger partial charge in [-0.25, -0.2) is 5.32 Å². The van der Waals surface area contributed by atoms with Crippen molar-refractivity contribution in [2.45, 2.75) is 12.8 Å². The fraction of sp³-hybridized carbons (Fsp3) is 0.250. The molecule has 0 aromatic heterocycles. The highest BCUT2D eigenvalue weighted by molar-refractivity contribution is 6.30. The van der Waals surface area contributed by atoms with Crippen LogP contribution in [0.5, 0.6) is 0 Å². The van der Waals surface area contributed by atoms with E-state index < -0.39 is 6.30 Å². The van der Waals surface area contributed by atoms with E-state index in [9.17, 15) is 13.2 Å². The van der Waals surface area contributed by atoms with Gasteiger partial charge in [0.15, 0.2) is 0 Å². The number of benzene rings is 1. The van der Waals surface area contributed by atoms with Gasteiger partial charge in [-0.3, -0.25) is 0 Å². The third-order valence-electron chi connectivity index (χ3n) is 1.38. The summed E-state index contributed by atoms with van der Waals surface area (Å²) in [7, 11) is 0. The number of rotatable bonds is 2. The van der Waals surface area contributed by atoms with E-state index in [4.69, 9.17) is 11.6 Å². The molecular weight excluding hydrogens is 203 g/mol. The van der Waals surface area contributed by atoms with Crippen molar-refractivity contribution in [1.29, 1.82) is 0 Å². The lowest BCUT2D eigenvalue weighted by Gasteiger charge is -2.08. The van der Waals surface area contributed by atoms with Crippen molar-refractivity contribution in [3.63, 3.8) is 0 Å². The van der Waals surface area contributed by atoms with Crippen molar-refractivity contribution in [2.24, 2.45) is 0 Å². The van der Waals surface area contributed by atoms with Crippen LogP contribution in [0.3, 0.4) is 0 Å². The summed E-state index contributed by atoms with van der Waals surface area (Å²) in [5.74, 6) is 0. The highest BCUT2D eigenvalue weighted by Crippen LogP contribution is 2.14. The van der Waals surface area contributed by atoms with Gasteiger partial charge in [0.2, 0.25) is 0 Å². The molecule has 0 heterocycles. The van der Waals surface area contributed by atoms with Crippen LogP contribution in [0.25, 0.3) is 0 Å². The lowest BCUT2D eigenvalue weighted by molar-refractivity contribution is -0.158. The first kappa shape index (κ1) is 10.3. The SMILES string of the molecule is FC(F)(F)NCc1cccc(Cl)c1. The van der Waals surface area contributed by atoms with Crippen molar-refractivity contribution in [2.75, 3.05) is 0 Å². The normalized spacial score (nSPS) is 11.7. The topological polar surface area (TPSA) is 12.0 Å². The van der Waals surface area contributed by atoms with Crippen LogP contribution in [-0.4, -0.2) is 6.30 Å². The highest BCUT2D eigenvalue weighted by Gasteiger charge is 2.25. The molecule has 0 aliphatic carbocycles. The summed E-state index contributed by atoms with van der Waals surface area (Å²) in [6.07, 6.45) is -4.34. The minimum absolute atomic E-state index is 0.260. The zero-order valence-electron chi connectivity index (χ0n) is 6.53. The maximum atomic E-state index is 11.7. The third-order valence-corrected chi connectivity index (χ3v) is 1.62. The molecular formula is C8H7ClF3N. The molecule has 0 spiro atoms. The standard InChI is InChI=1S/C8H7ClF3N/c9-7-3-1-2-6(4-7)5-13-8(10,11)12/h1-4,13H,5H2. The summed E-state index contributed by atoms with van der Waals surface area (Å²) in [5.41, 5.74) is 0.504. The van der Waals surface area contributed by atoms with Crippen molar-refractivity contribution in [3.05, 3.63) is 34.9 Å². The van der Waals surface area contributed by atoms with Gasteiger partial charge < -0.3 is 0 Å². The lowest BCUT2D eigenvalue weighted by Crippen LogP contribution is -2.30. The van der Waals surface area contributed by atoms with Crippen LogP contribution in [0.4, 0.5) is 13.2 Å². The van der Waals surface area contributed by atoms with E-state index in [1.165, 1.54) is 11.4 Å². The molecule has 0 aliphatic heterocycles. The Hall–Kier alpha value is -0.740. The van der Waals surface area contributed by atoms with Gasteiger partial charge in [0.25, 0.3) is 0 Å². The number of hydrogen-bond donors (Lipinski definition) is 1. The average molecular weight is 210 g/mol. The van der Waals surface area contributed by atoms with Gasteiger partial charge in [0.1, 0.15) is 0 Å². The Morgan fingerprint density at radius 2 is 2.00 bits per heavy atom.